The molecule has 0 radical (unpaired) electrons. The largest absolute Gasteiger partial charge is 0.375 e. The van der Waals surface area contributed by atoms with Gasteiger partial charge < -0.3 is 15.4 Å². The van der Waals surface area contributed by atoms with E-state index >= 15 is 0 Å². The van der Waals surface area contributed by atoms with Crippen LogP contribution in [0.3, 0.4) is 0 Å². The molecule has 2 rings (SSSR count). The summed E-state index contributed by atoms with van der Waals surface area (Å²) in [5, 5.41) is 6.19. The monoisotopic (exact) mass is 319 g/mol. The normalized spacial score (nSPS) is 11.7. The Morgan fingerprint density at radius 2 is 2.18 bits per heavy atom. The molecule has 0 bridgehead atoms. The first kappa shape index (κ1) is 16.3. The quantitative estimate of drug-likeness (QED) is 0.860. The van der Waals surface area contributed by atoms with Gasteiger partial charge in [-0.3, -0.25) is 4.98 Å². The van der Waals surface area contributed by atoms with E-state index < -0.39 is 0 Å². The Labute approximate surface area is 134 Å². The Morgan fingerprint density at radius 1 is 1.32 bits per heavy atom. The van der Waals surface area contributed by atoms with Crippen LogP contribution in [-0.4, -0.2) is 24.7 Å². The second kappa shape index (κ2) is 8.36. The molecule has 0 aliphatic rings. The molecule has 0 aliphatic heterocycles. The first-order valence-electron chi connectivity index (χ1n) is 6.88. The molecular weight excluding hydrogens is 302 g/mol. The molecule has 2 amide bonds. The van der Waals surface area contributed by atoms with Crippen LogP contribution in [0.4, 0.5) is 4.79 Å². The molecule has 0 aliphatic carbocycles. The highest BCUT2D eigenvalue weighted by atomic mass is 35.5. The number of carbonyl (C=O) groups is 1. The molecule has 2 N–H and O–H groups in total. The zero-order valence-corrected chi connectivity index (χ0v) is 13.0. The number of nitrogens with one attached hydrogen (secondary N) is 2. The maximum absolute atomic E-state index is 11.8. The molecule has 1 aromatic heterocycles. The standard InChI is InChI=1S/C16H18ClN3O2/c1-22-15(13-5-2-6-14(17)8-13)11-20-16(21)19-10-12-4-3-7-18-9-12/h2-9,15H,10-11H2,1H3,(H2,19,20,21)/t15-/m0/s1. The Bertz CT molecular complexity index is 607. The lowest BCUT2D eigenvalue weighted by Crippen LogP contribution is -2.37. The van der Waals surface area contributed by atoms with Crippen LogP contribution < -0.4 is 10.6 Å². The fourth-order valence-corrected chi connectivity index (χ4v) is 2.18. The number of amides is 2. The van der Waals surface area contributed by atoms with Gasteiger partial charge in [-0.1, -0.05) is 29.8 Å². The van der Waals surface area contributed by atoms with Crippen LogP contribution in [0.5, 0.6) is 0 Å². The highest BCUT2D eigenvalue weighted by Crippen LogP contribution is 2.19. The van der Waals surface area contributed by atoms with Gasteiger partial charge in [-0.25, -0.2) is 4.79 Å². The third-order valence-electron chi connectivity index (χ3n) is 3.13. The van der Waals surface area contributed by atoms with Crippen molar-refractivity contribution in [1.82, 2.24) is 15.6 Å². The number of nitrogens with zero attached hydrogens (tertiary/aromatic N) is 1. The zero-order valence-electron chi connectivity index (χ0n) is 12.3. The Morgan fingerprint density at radius 3 is 2.86 bits per heavy atom. The predicted octanol–water partition coefficient (Wildman–Crippen LogP) is 2.92. The molecule has 0 fully saturated rings. The number of rotatable bonds is 6. The van der Waals surface area contributed by atoms with E-state index in [0.717, 1.165) is 11.1 Å². The van der Waals surface area contributed by atoms with Crippen LogP contribution in [-0.2, 0) is 11.3 Å². The van der Waals surface area contributed by atoms with E-state index in [1.807, 2.05) is 30.3 Å². The van der Waals surface area contributed by atoms with E-state index in [-0.39, 0.29) is 12.1 Å². The van der Waals surface area contributed by atoms with E-state index in [2.05, 4.69) is 15.6 Å². The second-order valence-corrected chi connectivity index (χ2v) is 5.14. The molecule has 1 aromatic carbocycles. The Balaban J connectivity index is 1.81. The molecule has 6 heteroatoms. The van der Waals surface area contributed by atoms with Gasteiger partial charge in [0.25, 0.3) is 0 Å². The molecule has 0 spiro atoms. The number of urea groups is 1. The number of pyridine rings is 1. The van der Waals surface area contributed by atoms with Gasteiger partial charge in [0.1, 0.15) is 0 Å². The van der Waals surface area contributed by atoms with Crippen LogP contribution in [0.1, 0.15) is 17.2 Å². The van der Waals surface area contributed by atoms with E-state index in [1.54, 1.807) is 25.6 Å². The van der Waals surface area contributed by atoms with Crippen LogP contribution in [0, 0.1) is 0 Å². The van der Waals surface area contributed by atoms with Crippen molar-refractivity contribution in [3.63, 3.8) is 0 Å². The van der Waals surface area contributed by atoms with Crippen LogP contribution in [0.15, 0.2) is 48.8 Å². The van der Waals surface area contributed by atoms with Crippen LogP contribution in [0.25, 0.3) is 0 Å². The maximum atomic E-state index is 11.8. The molecular formula is C16H18ClN3O2. The van der Waals surface area contributed by atoms with E-state index in [9.17, 15) is 4.79 Å². The van der Waals surface area contributed by atoms with E-state index in [4.69, 9.17) is 16.3 Å². The van der Waals surface area contributed by atoms with Gasteiger partial charge in [0, 0.05) is 37.6 Å². The minimum atomic E-state index is -0.257. The summed E-state index contributed by atoms with van der Waals surface area (Å²) in [4.78, 5) is 15.8. The lowest BCUT2D eigenvalue weighted by molar-refractivity contribution is 0.104. The summed E-state index contributed by atoms with van der Waals surface area (Å²) in [6, 6.07) is 10.9. The molecule has 22 heavy (non-hydrogen) atoms. The van der Waals surface area contributed by atoms with Gasteiger partial charge in [0.2, 0.25) is 0 Å². The van der Waals surface area contributed by atoms with Gasteiger partial charge in [-0.05, 0) is 29.3 Å². The van der Waals surface area contributed by atoms with Crippen molar-refractivity contribution in [2.75, 3.05) is 13.7 Å². The highest BCUT2D eigenvalue weighted by Gasteiger charge is 2.12. The average molecular weight is 320 g/mol. The van der Waals surface area contributed by atoms with Crippen molar-refractivity contribution < 1.29 is 9.53 Å². The molecule has 2 aromatic rings. The summed E-state index contributed by atoms with van der Waals surface area (Å²) in [5.74, 6) is 0. The van der Waals surface area contributed by atoms with Crippen molar-refractivity contribution in [2.24, 2.45) is 0 Å². The summed E-state index contributed by atoms with van der Waals surface area (Å²) in [7, 11) is 1.60. The fraction of sp³-hybridized carbons (Fsp3) is 0.250. The lowest BCUT2D eigenvalue weighted by Gasteiger charge is -2.17. The van der Waals surface area contributed by atoms with E-state index in [0.29, 0.717) is 18.1 Å². The van der Waals surface area contributed by atoms with Crippen LogP contribution >= 0.6 is 11.6 Å². The summed E-state index contributed by atoms with van der Waals surface area (Å²) in [5.41, 5.74) is 1.86. The van der Waals surface area contributed by atoms with Crippen molar-refractivity contribution >= 4 is 17.6 Å². The van der Waals surface area contributed by atoms with Gasteiger partial charge in [0.05, 0.1) is 6.10 Å². The van der Waals surface area contributed by atoms with E-state index in [1.165, 1.54) is 0 Å². The first-order valence-corrected chi connectivity index (χ1v) is 7.25. The topological polar surface area (TPSA) is 63.2 Å². The summed E-state index contributed by atoms with van der Waals surface area (Å²) in [6.45, 7) is 0.782. The third kappa shape index (κ3) is 5.02. The van der Waals surface area contributed by atoms with Gasteiger partial charge in [-0.15, -0.1) is 0 Å². The second-order valence-electron chi connectivity index (χ2n) is 4.70. The average Bonchev–Trinajstić information content (AvgIpc) is 2.54. The number of ether oxygens (including phenoxy) is 1. The number of methoxy groups -OCH3 is 1. The van der Waals surface area contributed by atoms with Crippen molar-refractivity contribution in [2.45, 2.75) is 12.6 Å². The minimum Gasteiger partial charge on any atom is -0.375 e. The Hall–Kier alpha value is -2.11. The number of halogens is 1. The summed E-state index contributed by atoms with van der Waals surface area (Å²) < 4.78 is 5.39. The number of hydrogen-bond acceptors (Lipinski definition) is 3. The molecule has 0 unspecified atom stereocenters. The molecule has 116 valence electrons. The van der Waals surface area contributed by atoms with Crippen molar-refractivity contribution in [1.29, 1.82) is 0 Å². The first-order chi connectivity index (χ1) is 10.7. The maximum Gasteiger partial charge on any atom is 0.315 e. The molecule has 0 saturated carbocycles. The molecule has 5 nitrogen and oxygen atoms in total. The number of carbonyl (C=O) groups excluding carboxylic acids is 1. The number of hydrogen-bond donors (Lipinski definition) is 2. The zero-order chi connectivity index (χ0) is 15.8. The van der Waals surface area contributed by atoms with Gasteiger partial charge in [-0.2, -0.15) is 0 Å². The Kier molecular flexibility index (Phi) is 6.18. The highest BCUT2D eigenvalue weighted by molar-refractivity contribution is 6.30. The third-order valence-corrected chi connectivity index (χ3v) is 3.36. The predicted molar refractivity (Wildman–Crippen MR) is 85.7 cm³/mol. The summed E-state index contributed by atoms with van der Waals surface area (Å²) >= 11 is 5.96. The lowest BCUT2D eigenvalue weighted by atomic mass is 10.1. The van der Waals surface area contributed by atoms with Crippen molar-refractivity contribution in [3.05, 3.63) is 64.9 Å². The van der Waals surface area contributed by atoms with Crippen LogP contribution in [0.2, 0.25) is 5.02 Å². The molecule has 1 heterocycles. The smallest absolute Gasteiger partial charge is 0.315 e. The molecule has 1 atom stereocenters. The summed E-state index contributed by atoms with van der Waals surface area (Å²) in [6.07, 6.45) is 3.16. The van der Waals surface area contributed by atoms with Gasteiger partial charge in [0.15, 0.2) is 0 Å². The van der Waals surface area contributed by atoms with Crippen molar-refractivity contribution in [3.8, 4) is 0 Å². The fourth-order valence-electron chi connectivity index (χ4n) is 1.98. The SMILES string of the molecule is CO[C@@H](CNC(=O)NCc1cccnc1)c1cccc(Cl)c1. The van der Waals surface area contributed by atoms with Gasteiger partial charge >= 0.3 is 6.03 Å². The number of benzene rings is 1. The minimum absolute atomic E-state index is 0.247. The molecule has 0 saturated heterocycles. The number of aromatic nitrogens is 1.